The van der Waals surface area contributed by atoms with Crippen molar-refractivity contribution in [2.24, 2.45) is 11.7 Å². The van der Waals surface area contributed by atoms with Gasteiger partial charge >= 0.3 is 5.69 Å². The number of aryl methyl sites for hydroxylation is 1. The summed E-state index contributed by atoms with van der Waals surface area (Å²) < 4.78 is 2.29. The Morgan fingerprint density at radius 2 is 1.93 bits per heavy atom. The van der Waals surface area contributed by atoms with Gasteiger partial charge in [0.1, 0.15) is 0 Å². The number of nitrogens with zero attached hydrogens (tertiary/aromatic N) is 4. The molecule has 6 N–H and O–H groups in total. The van der Waals surface area contributed by atoms with Crippen LogP contribution < -0.4 is 33.5 Å². The highest BCUT2D eigenvalue weighted by atomic mass is 16.2. The molecule has 160 valence electrons. The summed E-state index contributed by atoms with van der Waals surface area (Å²) in [7, 11) is 0. The van der Waals surface area contributed by atoms with Gasteiger partial charge in [0.2, 0.25) is 5.54 Å². The van der Waals surface area contributed by atoms with E-state index in [0.717, 1.165) is 37.1 Å². The Labute approximate surface area is 174 Å². The third-order valence-corrected chi connectivity index (χ3v) is 6.73. The van der Waals surface area contributed by atoms with Crippen molar-refractivity contribution in [2.45, 2.75) is 57.7 Å². The van der Waals surface area contributed by atoms with Gasteiger partial charge in [-0.05, 0) is 37.8 Å². The lowest BCUT2D eigenvalue weighted by Gasteiger charge is -2.27. The lowest BCUT2D eigenvalue weighted by Crippen LogP contribution is -2.47. The fraction of sp³-hybridized carbons (Fsp3) is 0.571. The van der Waals surface area contributed by atoms with Crippen molar-refractivity contribution in [1.82, 2.24) is 9.24 Å². The summed E-state index contributed by atoms with van der Waals surface area (Å²) in [4.78, 5) is 31.4. The number of rotatable bonds is 4. The molecule has 1 aromatic carbocycles. The first kappa shape index (κ1) is 20.3. The Morgan fingerprint density at radius 3 is 2.53 bits per heavy atom. The summed E-state index contributed by atoms with van der Waals surface area (Å²) in [5.41, 5.74) is 13.7. The fourth-order valence-electron chi connectivity index (χ4n) is 4.67. The summed E-state index contributed by atoms with van der Waals surface area (Å²) in [5.74, 6) is 5.94. The molecule has 1 aliphatic heterocycles. The average Bonchev–Trinajstić information content (AvgIpc) is 3.43. The molecule has 2 heterocycles. The maximum Gasteiger partial charge on any atom is 0.350 e. The molecule has 1 saturated heterocycles. The third kappa shape index (κ3) is 2.94. The van der Waals surface area contributed by atoms with Gasteiger partial charge < -0.3 is 27.1 Å². The highest BCUT2D eigenvalue weighted by molar-refractivity contribution is 5.96. The molecule has 1 saturated carbocycles. The number of aromatic nitrogens is 2. The maximum absolute atomic E-state index is 12.8. The van der Waals surface area contributed by atoms with Crippen molar-refractivity contribution in [3.8, 4) is 0 Å². The van der Waals surface area contributed by atoms with Crippen molar-refractivity contribution in [1.29, 1.82) is 0 Å². The van der Waals surface area contributed by atoms with E-state index >= 15 is 0 Å². The van der Waals surface area contributed by atoms with Gasteiger partial charge in [0, 0.05) is 50.3 Å². The van der Waals surface area contributed by atoms with Crippen LogP contribution in [0.4, 0.5) is 11.4 Å². The van der Waals surface area contributed by atoms with E-state index in [1.54, 1.807) is 10.6 Å². The molecule has 0 radical (unpaired) electrons. The predicted molar refractivity (Wildman–Crippen MR) is 119 cm³/mol. The van der Waals surface area contributed by atoms with E-state index in [1.807, 2.05) is 20.8 Å². The van der Waals surface area contributed by atoms with Gasteiger partial charge in [-0.25, -0.2) is 11.4 Å². The zero-order chi connectivity index (χ0) is 22.0. The first-order valence-electron chi connectivity index (χ1n) is 10.3. The zero-order valence-electron chi connectivity index (χ0n) is 17.7. The lowest BCUT2D eigenvalue weighted by atomic mass is 9.85. The number of nitrogens with two attached hydrogens (primary N) is 3. The molecule has 9 heteroatoms. The molecule has 2 aliphatic rings. The molecule has 2 fully saturated rings. The van der Waals surface area contributed by atoms with E-state index in [9.17, 15) is 9.59 Å². The van der Waals surface area contributed by atoms with Crippen LogP contribution in [0.1, 0.15) is 44.7 Å². The van der Waals surface area contributed by atoms with Crippen molar-refractivity contribution in [3.05, 3.63) is 43.9 Å². The van der Waals surface area contributed by atoms with Gasteiger partial charge in [0.15, 0.2) is 0 Å². The van der Waals surface area contributed by atoms with E-state index < -0.39 is 16.8 Å². The normalized spacial score (nSPS) is 20.5. The number of nitrogen functional groups attached to an aromatic ring is 2. The first-order valence-corrected chi connectivity index (χ1v) is 10.3. The Balaban J connectivity index is 1.83. The summed E-state index contributed by atoms with van der Waals surface area (Å²) in [6.45, 7) is 14.6. The molecule has 2 aromatic rings. The number of hydrogen-bond donors (Lipinski definition) is 3. The minimum atomic E-state index is -0.628. The van der Waals surface area contributed by atoms with Crippen LogP contribution in [0.5, 0.6) is 0 Å². The molecule has 0 amide bonds. The Kier molecular flexibility index (Phi) is 4.58. The topological polar surface area (TPSA) is 130 Å². The van der Waals surface area contributed by atoms with Crippen LogP contribution in [0.25, 0.3) is 15.7 Å². The second kappa shape index (κ2) is 6.77. The maximum atomic E-state index is 12.8. The molecule has 2 atom stereocenters. The molecule has 2 unspecified atom stereocenters. The van der Waals surface area contributed by atoms with Crippen LogP contribution in [-0.2, 0) is 0 Å². The number of hydrogen-bond acceptors (Lipinski definition) is 6. The standard InChI is InChI=1S/C21H29N7O2/c1-11-15(26-8-7-12(10-26)18(23)21(2,3)25-4)9-14(22)16-17(11)27(13-5-6-13)20(30)28(24)19(16)29/h9,12-13,18H,5-8,10,22-24H2,1-3H3. The van der Waals surface area contributed by atoms with Crippen LogP contribution in [0.3, 0.4) is 0 Å². The minimum absolute atomic E-state index is 0.0444. The van der Waals surface area contributed by atoms with Gasteiger partial charge in [-0.1, -0.05) is 0 Å². The minimum Gasteiger partial charge on any atom is -0.398 e. The van der Waals surface area contributed by atoms with E-state index in [4.69, 9.17) is 23.9 Å². The molecule has 4 rings (SSSR count). The second-order valence-electron chi connectivity index (χ2n) is 9.18. The molecular formula is C21H29N7O2. The van der Waals surface area contributed by atoms with E-state index in [-0.39, 0.29) is 18.0 Å². The number of fused-ring (bicyclic) bond motifs is 1. The number of benzene rings is 1. The summed E-state index contributed by atoms with van der Waals surface area (Å²) in [6.07, 6.45) is 2.63. The SMILES string of the molecule is [C-]#[N+]C(C)(C)C(N)C1CCN(c2cc(N)c3c(=O)n(N)c(=O)n(C4CC4)c3c2C)C1. The highest BCUT2D eigenvalue weighted by Crippen LogP contribution is 2.40. The van der Waals surface area contributed by atoms with Crippen LogP contribution >= 0.6 is 0 Å². The molecular weight excluding hydrogens is 382 g/mol. The van der Waals surface area contributed by atoms with Crippen LogP contribution in [0, 0.1) is 19.4 Å². The van der Waals surface area contributed by atoms with Gasteiger partial charge in [-0.15, -0.1) is 0 Å². The van der Waals surface area contributed by atoms with E-state index in [2.05, 4.69) is 9.74 Å². The second-order valence-corrected chi connectivity index (χ2v) is 9.18. The highest BCUT2D eigenvalue weighted by Gasteiger charge is 2.41. The van der Waals surface area contributed by atoms with Crippen LogP contribution in [0.15, 0.2) is 15.7 Å². The smallest absolute Gasteiger partial charge is 0.350 e. The van der Waals surface area contributed by atoms with Crippen LogP contribution in [-0.4, -0.2) is 33.9 Å². The summed E-state index contributed by atoms with van der Waals surface area (Å²) in [5, 5.41) is 0.298. The predicted octanol–water partition coefficient (Wildman–Crippen LogP) is 0.954. The van der Waals surface area contributed by atoms with Gasteiger partial charge in [-0.3, -0.25) is 9.36 Å². The number of anilines is 2. The molecule has 1 aromatic heterocycles. The molecule has 0 bridgehead atoms. The monoisotopic (exact) mass is 411 g/mol. The Hall–Kier alpha value is -2.99. The third-order valence-electron chi connectivity index (χ3n) is 6.73. The van der Waals surface area contributed by atoms with Crippen molar-refractivity contribution < 1.29 is 0 Å². The quantitative estimate of drug-likeness (QED) is 0.390. The summed E-state index contributed by atoms with van der Waals surface area (Å²) >= 11 is 0. The van der Waals surface area contributed by atoms with Gasteiger partial charge in [0.05, 0.1) is 16.9 Å². The van der Waals surface area contributed by atoms with Crippen molar-refractivity contribution in [3.63, 3.8) is 0 Å². The Bertz CT molecular complexity index is 1180. The first-order chi connectivity index (χ1) is 14.1. The zero-order valence-corrected chi connectivity index (χ0v) is 17.7. The van der Waals surface area contributed by atoms with Crippen molar-refractivity contribution >= 4 is 22.3 Å². The lowest BCUT2D eigenvalue weighted by molar-refractivity contribution is 0.355. The fourth-order valence-corrected chi connectivity index (χ4v) is 4.67. The largest absolute Gasteiger partial charge is 0.398 e. The van der Waals surface area contributed by atoms with Crippen molar-refractivity contribution in [2.75, 3.05) is 29.6 Å². The molecule has 1 aliphatic carbocycles. The Morgan fingerprint density at radius 1 is 1.27 bits per heavy atom. The van der Waals surface area contributed by atoms with Gasteiger partial charge in [-0.2, -0.15) is 4.68 Å². The van der Waals surface area contributed by atoms with Crippen LogP contribution in [0.2, 0.25) is 0 Å². The van der Waals surface area contributed by atoms with E-state index in [1.165, 1.54) is 0 Å². The molecule has 0 spiro atoms. The average molecular weight is 412 g/mol. The molecule has 30 heavy (non-hydrogen) atoms. The van der Waals surface area contributed by atoms with E-state index in [0.29, 0.717) is 27.8 Å². The van der Waals surface area contributed by atoms with Gasteiger partial charge in [0.25, 0.3) is 5.56 Å². The molecule has 9 nitrogen and oxygen atoms in total. The summed E-state index contributed by atoms with van der Waals surface area (Å²) in [6, 6.07) is 1.60.